The zero-order valence-corrected chi connectivity index (χ0v) is 15.0. The molecule has 2 heterocycles. The third kappa shape index (κ3) is 2.66. The van der Waals surface area contributed by atoms with Crippen molar-refractivity contribution in [2.24, 2.45) is 11.3 Å². The molecule has 23 heavy (non-hydrogen) atoms. The maximum absolute atomic E-state index is 6.14. The summed E-state index contributed by atoms with van der Waals surface area (Å²) in [7, 11) is -0.298. The van der Waals surface area contributed by atoms with E-state index in [1.165, 1.54) is 38.5 Å². The zero-order valence-electron chi connectivity index (χ0n) is 15.0. The van der Waals surface area contributed by atoms with Crippen molar-refractivity contribution >= 4 is 12.6 Å². The topological polar surface area (TPSA) is 36.3 Å². The van der Waals surface area contributed by atoms with Crippen molar-refractivity contribution in [3.05, 3.63) is 12.4 Å². The number of hydrogen-bond donors (Lipinski definition) is 0. The monoisotopic (exact) mass is 316 g/mol. The number of hydrogen-bond acceptors (Lipinski definition) is 3. The maximum Gasteiger partial charge on any atom is 0.498 e. The molecule has 4 nitrogen and oxygen atoms in total. The minimum atomic E-state index is -0.298. The Kier molecular flexibility index (Phi) is 3.48. The highest BCUT2D eigenvalue weighted by atomic mass is 16.7. The van der Waals surface area contributed by atoms with Crippen molar-refractivity contribution in [1.29, 1.82) is 0 Å². The molecule has 5 heteroatoms. The second-order valence-electron chi connectivity index (χ2n) is 9.04. The summed E-state index contributed by atoms with van der Waals surface area (Å²) in [5.41, 5.74) is 0.957. The predicted octanol–water partition coefficient (Wildman–Crippen LogP) is 3.15. The first kappa shape index (κ1) is 15.7. The van der Waals surface area contributed by atoms with Crippen LogP contribution in [0.2, 0.25) is 0 Å². The Bertz CT molecular complexity index is 558. The summed E-state index contributed by atoms with van der Waals surface area (Å²) in [4.78, 5) is 0. The summed E-state index contributed by atoms with van der Waals surface area (Å²) in [6, 6.07) is 0. The number of nitrogens with zero attached hydrogens (tertiary/aromatic N) is 2. The van der Waals surface area contributed by atoms with E-state index in [2.05, 4.69) is 43.7 Å². The minimum Gasteiger partial charge on any atom is -0.399 e. The van der Waals surface area contributed by atoms with Crippen LogP contribution in [-0.4, -0.2) is 28.1 Å². The first-order valence-corrected chi connectivity index (χ1v) is 9.17. The van der Waals surface area contributed by atoms with E-state index < -0.39 is 0 Å². The van der Waals surface area contributed by atoms with Crippen LogP contribution in [0.15, 0.2) is 12.4 Å². The molecular weight excluding hydrogens is 287 g/mol. The van der Waals surface area contributed by atoms with Crippen molar-refractivity contribution in [2.45, 2.75) is 84.0 Å². The molecule has 4 fully saturated rings. The lowest BCUT2D eigenvalue weighted by atomic mass is 9.61. The average Bonchev–Trinajstić information content (AvgIpc) is 3.03. The van der Waals surface area contributed by atoms with Gasteiger partial charge in [0.2, 0.25) is 0 Å². The Morgan fingerprint density at radius 2 is 1.65 bits per heavy atom. The molecule has 0 unspecified atom stereocenters. The average molecular weight is 316 g/mol. The molecule has 1 saturated heterocycles. The molecule has 3 saturated carbocycles. The second kappa shape index (κ2) is 5.09. The van der Waals surface area contributed by atoms with Crippen LogP contribution in [0.25, 0.3) is 0 Å². The van der Waals surface area contributed by atoms with Crippen molar-refractivity contribution in [1.82, 2.24) is 9.78 Å². The number of aromatic nitrogens is 2. The highest BCUT2D eigenvalue weighted by Crippen LogP contribution is 2.51. The van der Waals surface area contributed by atoms with E-state index >= 15 is 0 Å². The lowest BCUT2D eigenvalue weighted by Gasteiger charge is -2.46. The van der Waals surface area contributed by atoms with Gasteiger partial charge in [0.25, 0.3) is 0 Å². The highest BCUT2D eigenvalue weighted by Gasteiger charge is 2.52. The van der Waals surface area contributed by atoms with E-state index in [1.807, 2.05) is 6.20 Å². The Labute approximate surface area is 140 Å². The van der Waals surface area contributed by atoms with E-state index in [1.54, 1.807) is 0 Å². The molecule has 0 spiro atoms. The van der Waals surface area contributed by atoms with Gasteiger partial charge in [-0.15, -0.1) is 0 Å². The van der Waals surface area contributed by atoms with Gasteiger partial charge < -0.3 is 9.31 Å². The molecular formula is C18H29BN2O2. The number of fused-ring (bicyclic) bond motifs is 3. The van der Waals surface area contributed by atoms with Gasteiger partial charge in [-0.25, -0.2) is 0 Å². The van der Waals surface area contributed by atoms with Crippen molar-refractivity contribution in [3.8, 4) is 0 Å². The third-order valence-corrected chi connectivity index (χ3v) is 6.92. The van der Waals surface area contributed by atoms with E-state index in [9.17, 15) is 0 Å². The SMILES string of the molecule is CC1(C)OB(c2cnn(CC34CCC(CC3)CC4)c2)OC1(C)C. The fraction of sp³-hybridized carbons (Fsp3) is 0.833. The van der Waals surface area contributed by atoms with Crippen LogP contribution in [0.4, 0.5) is 0 Å². The van der Waals surface area contributed by atoms with Gasteiger partial charge >= 0.3 is 7.12 Å². The standard InChI is InChI=1S/C18H29BN2O2/c1-16(2)17(3,4)23-19(22-16)15-11-20-21(12-15)13-18-8-5-14(6-9-18)7-10-18/h11-12,14H,5-10,13H2,1-4H3. The first-order valence-electron chi connectivity index (χ1n) is 9.17. The maximum atomic E-state index is 6.14. The van der Waals surface area contributed by atoms with Gasteiger partial charge in [0.1, 0.15) is 0 Å². The first-order chi connectivity index (χ1) is 10.8. The summed E-state index contributed by atoms with van der Waals surface area (Å²) in [5.74, 6) is 1.01. The van der Waals surface area contributed by atoms with Gasteiger partial charge in [0.15, 0.2) is 0 Å². The normalized spacial score (nSPS) is 35.0. The summed E-state index contributed by atoms with van der Waals surface area (Å²) in [5, 5.41) is 4.62. The van der Waals surface area contributed by atoms with Crippen LogP contribution in [0.5, 0.6) is 0 Å². The van der Waals surface area contributed by atoms with Gasteiger partial charge in [-0.2, -0.15) is 5.10 Å². The fourth-order valence-corrected chi connectivity index (χ4v) is 4.49. The molecule has 126 valence electrons. The molecule has 0 radical (unpaired) electrons. The van der Waals surface area contributed by atoms with Crippen LogP contribution in [-0.2, 0) is 15.9 Å². The van der Waals surface area contributed by atoms with Gasteiger partial charge in [-0.1, -0.05) is 0 Å². The van der Waals surface area contributed by atoms with Crippen LogP contribution < -0.4 is 5.46 Å². The molecule has 1 aromatic rings. The quantitative estimate of drug-likeness (QED) is 0.804. The summed E-state index contributed by atoms with van der Waals surface area (Å²) in [6.45, 7) is 9.43. The summed E-state index contributed by atoms with van der Waals surface area (Å²) < 4.78 is 14.4. The Hall–Kier alpha value is -0.805. The van der Waals surface area contributed by atoms with E-state index in [0.29, 0.717) is 5.41 Å². The van der Waals surface area contributed by atoms with E-state index in [0.717, 1.165) is 17.9 Å². The summed E-state index contributed by atoms with van der Waals surface area (Å²) in [6.07, 6.45) is 12.5. The predicted molar refractivity (Wildman–Crippen MR) is 91.6 cm³/mol. The molecule has 0 aromatic carbocycles. The largest absolute Gasteiger partial charge is 0.498 e. The molecule has 2 bridgehead atoms. The molecule has 0 N–H and O–H groups in total. The molecule has 1 aromatic heterocycles. The Balaban J connectivity index is 1.48. The van der Waals surface area contributed by atoms with E-state index in [4.69, 9.17) is 9.31 Å². The lowest BCUT2D eigenvalue weighted by Crippen LogP contribution is -2.41. The van der Waals surface area contributed by atoms with Gasteiger partial charge in [-0.05, 0) is 77.6 Å². The Morgan fingerprint density at radius 3 is 2.22 bits per heavy atom. The minimum absolute atomic E-state index is 0.291. The van der Waals surface area contributed by atoms with Crippen LogP contribution in [0.3, 0.4) is 0 Å². The lowest BCUT2D eigenvalue weighted by molar-refractivity contribution is 0.00578. The van der Waals surface area contributed by atoms with Crippen molar-refractivity contribution < 1.29 is 9.31 Å². The van der Waals surface area contributed by atoms with Gasteiger partial charge in [-0.3, -0.25) is 4.68 Å². The highest BCUT2D eigenvalue weighted by molar-refractivity contribution is 6.61. The smallest absolute Gasteiger partial charge is 0.399 e. The van der Waals surface area contributed by atoms with Crippen LogP contribution in [0.1, 0.15) is 66.2 Å². The molecule has 3 aliphatic carbocycles. The van der Waals surface area contributed by atoms with Gasteiger partial charge in [0.05, 0.1) is 11.2 Å². The fourth-order valence-electron chi connectivity index (χ4n) is 4.49. The van der Waals surface area contributed by atoms with Crippen molar-refractivity contribution in [2.75, 3.05) is 0 Å². The number of rotatable bonds is 3. The molecule has 5 rings (SSSR count). The Morgan fingerprint density at radius 1 is 1.09 bits per heavy atom. The molecule has 0 atom stereocenters. The van der Waals surface area contributed by atoms with Crippen molar-refractivity contribution in [3.63, 3.8) is 0 Å². The molecule has 0 amide bonds. The van der Waals surface area contributed by atoms with Crippen LogP contribution >= 0.6 is 0 Å². The van der Waals surface area contributed by atoms with Crippen LogP contribution in [0, 0.1) is 11.3 Å². The van der Waals surface area contributed by atoms with Gasteiger partial charge in [0, 0.05) is 24.4 Å². The second-order valence-corrected chi connectivity index (χ2v) is 9.04. The van der Waals surface area contributed by atoms with E-state index in [-0.39, 0.29) is 18.3 Å². The summed E-state index contributed by atoms with van der Waals surface area (Å²) >= 11 is 0. The molecule has 4 aliphatic rings. The zero-order chi connectivity index (χ0) is 16.3. The third-order valence-electron chi connectivity index (χ3n) is 6.92. The molecule has 1 aliphatic heterocycles.